The van der Waals surface area contributed by atoms with E-state index in [-0.39, 0.29) is 0 Å². The number of hydrogen-bond acceptors (Lipinski definition) is 7. The van der Waals surface area contributed by atoms with Gasteiger partial charge in [-0.25, -0.2) is 4.98 Å². The number of ether oxygens (including phenoxy) is 2. The molecule has 1 aromatic carbocycles. The van der Waals surface area contributed by atoms with Gasteiger partial charge in [0.05, 0.1) is 0 Å². The third kappa shape index (κ3) is 4.15. The number of allylic oxidation sites excluding steroid dienone is 1. The molecule has 2 aliphatic rings. The number of aromatic nitrogens is 2. The van der Waals surface area contributed by atoms with Crippen molar-refractivity contribution < 1.29 is 9.47 Å². The molecule has 1 atom stereocenters. The number of anilines is 3. The van der Waals surface area contributed by atoms with E-state index in [2.05, 4.69) is 45.8 Å². The lowest BCUT2D eigenvalue weighted by molar-refractivity contribution is 0.171. The molecule has 0 spiro atoms. The molecule has 1 aromatic heterocycles. The molecule has 0 bridgehead atoms. The number of fused-ring (bicyclic) bond motifs is 1. The average Bonchev–Trinajstić information content (AvgIpc) is 2.92. The maximum atomic E-state index is 6.06. The summed E-state index contributed by atoms with van der Waals surface area (Å²) in [6.07, 6.45) is 4.36. The van der Waals surface area contributed by atoms with Crippen LogP contribution in [0.5, 0.6) is 11.5 Å². The van der Waals surface area contributed by atoms with E-state index < -0.39 is 0 Å². The molecule has 0 amide bonds. The molecule has 3 N–H and O–H groups in total. The van der Waals surface area contributed by atoms with Crippen LogP contribution in [0.25, 0.3) is 5.57 Å². The fourth-order valence-corrected chi connectivity index (χ4v) is 3.85. The fourth-order valence-electron chi connectivity index (χ4n) is 3.85. The number of hydrogen-bond donors (Lipinski definition) is 3. The predicted molar refractivity (Wildman–Crippen MR) is 116 cm³/mol. The summed E-state index contributed by atoms with van der Waals surface area (Å²) in [5, 5.41) is 10.0. The maximum absolute atomic E-state index is 6.06. The first-order valence-corrected chi connectivity index (χ1v) is 10.2. The molecule has 0 unspecified atom stereocenters. The van der Waals surface area contributed by atoms with Gasteiger partial charge in [-0.1, -0.05) is 6.08 Å². The van der Waals surface area contributed by atoms with Gasteiger partial charge < -0.3 is 25.4 Å². The zero-order valence-electron chi connectivity index (χ0n) is 17.6. The Labute approximate surface area is 171 Å². The summed E-state index contributed by atoms with van der Waals surface area (Å²) in [5.41, 5.74) is 5.37. The lowest BCUT2D eigenvalue weighted by atomic mass is 9.93. The van der Waals surface area contributed by atoms with Gasteiger partial charge in [0.15, 0.2) is 11.5 Å². The largest absolute Gasteiger partial charge is 0.486 e. The first-order chi connectivity index (χ1) is 14.0. The van der Waals surface area contributed by atoms with E-state index in [4.69, 9.17) is 9.47 Å². The molecule has 29 heavy (non-hydrogen) atoms. The molecule has 7 heteroatoms. The van der Waals surface area contributed by atoms with Crippen LogP contribution in [0.1, 0.15) is 36.6 Å². The van der Waals surface area contributed by atoms with Gasteiger partial charge in [-0.2, -0.15) is 4.98 Å². The molecule has 2 aromatic rings. The molecular weight excluding hydrogens is 366 g/mol. The Morgan fingerprint density at radius 2 is 1.97 bits per heavy atom. The van der Waals surface area contributed by atoms with Crippen LogP contribution in [0.2, 0.25) is 0 Å². The van der Waals surface area contributed by atoms with E-state index in [1.165, 1.54) is 5.57 Å². The second-order valence-corrected chi connectivity index (χ2v) is 7.62. The lowest BCUT2D eigenvalue weighted by Gasteiger charge is -2.26. The van der Waals surface area contributed by atoms with Gasteiger partial charge in [0.2, 0.25) is 5.95 Å². The first kappa shape index (κ1) is 19.5. The standard InChI is InChI=1S/C22H29N5O2/c1-13-5-6-16(7-8-24-13)20-15(3)17(12-18-21(20)29-10-9-28-18)26-22-25-14(2)11-19(23-4)27-22/h7,11-13,24H,5-6,8-10H2,1-4H3,(H2,23,25,26,27)/t13-/m0/s1. The summed E-state index contributed by atoms with van der Waals surface area (Å²) in [4.78, 5) is 9.08. The van der Waals surface area contributed by atoms with Gasteiger partial charge in [-0.05, 0) is 44.7 Å². The van der Waals surface area contributed by atoms with Crippen molar-refractivity contribution in [2.75, 3.05) is 37.4 Å². The Bertz CT molecular complexity index is 941. The van der Waals surface area contributed by atoms with E-state index >= 15 is 0 Å². The van der Waals surface area contributed by atoms with Gasteiger partial charge in [0.1, 0.15) is 19.0 Å². The van der Waals surface area contributed by atoms with Crippen molar-refractivity contribution in [3.63, 3.8) is 0 Å². The Morgan fingerprint density at radius 1 is 1.14 bits per heavy atom. The molecule has 0 saturated heterocycles. The van der Waals surface area contributed by atoms with Crippen molar-refractivity contribution in [2.45, 2.75) is 39.7 Å². The van der Waals surface area contributed by atoms with Crippen LogP contribution < -0.4 is 25.4 Å². The molecule has 7 nitrogen and oxygen atoms in total. The summed E-state index contributed by atoms with van der Waals surface area (Å²) in [6.45, 7) is 8.28. The van der Waals surface area contributed by atoms with Crippen molar-refractivity contribution in [1.82, 2.24) is 15.3 Å². The van der Waals surface area contributed by atoms with Crippen molar-refractivity contribution >= 4 is 23.0 Å². The number of rotatable bonds is 4. The fraction of sp³-hybridized carbons (Fsp3) is 0.455. The second-order valence-electron chi connectivity index (χ2n) is 7.62. The molecule has 154 valence electrons. The van der Waals surface area contributed by atoms with Crippen LogP contribution in [-0.2, 0) is 0 Å². The van der Waals surface area contributed by atoms with Crippen LogP contribution in [0.4, 0.5) is 17.5 Å². The zero-order chi connectivity index (χ0) is 20.4. The SMILES string of the molecule is CNc1cc(C)nc(Nc2cc3c(c(C4=CCN[C@@H](C)CC4)c2C)OCCO3)n1. The van der Waals surface area contributed by atoms with Crippen LogP contribution in [-0.4, -0.2) is 42.8 Å². The highest BCUT2D eigenvalue weighted by atomic mass is 16.6. The average molecular weight is 396 g/mol. The highest BCUT2D eigenvalue weighted by Gasteiger charge is 2.25. The number of nitrogens with zero attached hydrogens (tertiary/aromatic N) is 2. The summed E-state index contributed by atoms with van der Waals surface area (Å²) in [6, 6.07) is 4.41. The molecular formula is C22H29N5O2. The highest BCUT2D eigenvalue weighted by Crippen LogP contribution is 2.45. The summed E-state index contributed by atoms with van der Waals surface area (Å²) >= 11 is 0. The van der Waals surface area contributed by atoms with Crippen LogP contribution >= 0.6 is 0 Å². The van der Waals surface area contributed by atoms with Crippen LogP contribution in [0, 0.1) is 13.8 Å². The second kappa shape index (κ2) is 8.29. The van der Waals surface area contributed by atoms with Crippen LogP contribution in [0.3, 0.4) is 0 Å². The highest BCUT2D eigenvalue weighted by molar-refractivity contribution is 5.82. The van der Waals surface area contributed by atoms with E-state index in [1.54, 1.807) is 0 Å². The molecule has 4 rings (SSSR count). The normalized spacial score (nSPS) is 18.6. The van der Waals surface area contributed by atoms with Crippen LogP contribution in [0.15, 0.2) is 18.2 Å². The zero-order valence-corrected chi connectivity index (χ0v) is 17.6. The monoisotopic (exact) mass is 395 g/mol. The van der Waals surface area contributed by atoms with E-state index in [0.29, 0.717) is 25.2 Å². The minimum atomic E-state index is 0.499. The quantitative estimate of drug-likeness (QED) is 0.726. The molecule has 0 aliphatic carbocycles. The smallest absolute Gasteiger partial charge is 0.229 e. The van der Waals surface area contributed by atoms with Gasteiger partial charge in [0, 0.05) is 48.7 Å². The minimum absolute atomic E-state index is 0.499. The van der Waals surface area contributed by atoms with Crippen molar-refractivity contribution in [1.29, 1.82) is 0 Å². The Balaban J connectivity index is 1.77. The van der Waals surface area contributed by atoms with Crippen molar-refractivity contribution in [3.05, 3.63) is 35.0 Å². The van der Waals surface area contributed by atoms with Gasteiger partial charge >= 0.3 is 0 Å². The number of aryl methyl sites for hydroxylation is 1. The summed E-state index contributed by atoms with van der Waals surface area (Å²) in [7, 11) is 1.85. The Morgan fingerprint density at radius 3 is 2.79 bits per heavy atom. The summed E-state index contributed by atoms with van der Waals surface area (Å²) < 4.78 is 12.0. The van der Waals surface area contributed by atoms with E-state index in [1.807, 2.05) is 26.1 Å². The van der Waals surface area contributed by atoms with Gasteiger partial charge in [0.25, 0.3) is 0 Å². The van der Waals surface area contributed by atoms with Gasteiger partial charge in [-0.3, -0.25) is 0 Å². The Kier molecular flexibility index (Phi) is 5.58. The predicted octanol–water partition coefficient (Wildman–Crippen LogP) is 3.81. The first-order valence-electron chi connectivity index (χ1n) is 10.2. The third-order valence-corrected chi connectivity index (χ3v) is 5.43. The van der Waals surface area contributed by atoms with E-state index in [9.17, 15) is 0 Å². The van der Waals surface area contributed by atoms with Crippen molar-refractivity contribution in [3.8, 4) is 11.5 Å². The molecule has 2 aliphatic heterocycles. The topological polar surface area (TPSA) is 80.3 Å². The third-order valence-electron chi connectivity index (χ3n) is 5.43. The molecule has 3 heterocycles. The maximum Gasteiger partial charge on any atom is 0.229 e. The number of benzene rings is 1. The summed E-state index contributed by atoms with van der Waals surface area (Å²) in [5.74, 6) is 2.96. The minimum Gasteiger partial charge on any atom is -0.486 e. The van der Waals surface area contributed by atoms with Gasteiger partial charge in [-0.15, -0.1) is 0 Å². The molecule has 0 fully saturated rings. The molecule has 0 radical (unpaired) electrons. The number of nitrogens with one attached hydrogen (secondary N) is 3. The Hall–Kier alpha value is -2.80. The van der Waals surface area contributed by atoms with E-state index in [0.717, 1.165) is 59.2 Å². The van der Waals surface area contributed by atoms with Crippen molar-refractivity contribution in [2.24, 2.45) is 0 Å². The molecule has 0 saturated carbocycles. The lowest BCUT2D eigenvalue weighted by Crippen LogP contribution is -2.24.